The highest BCUT2D eigenvalue weighted by Crippen LogP contribution is 2.16. The zero-order valence-corrected chi connectivity index (χ0v) is 15.5. The molecule has 27 heavy (non-hydrogen) atoms. The lowest BCUT2D eigenvalue weighted by molar-refractivity contribution is -0.139. The number of carboxylic acid groups (broad SMARTS) is 1. The molecule has 2 aromatic rings. The van der Waals surface area contributed by atoms with Gasteiger partial charge in [0.15, 0.2) is 6.61 Å². The van der Waals surface area contributed by atoms with Crippen LogP contribution in [0.5, 0.6) is 5.75 Å². The Labute approximate surface area is 159 Å². The van der Waals surface area contributed by atoms with Crippen LogP contribution in [-0.4, -0.2) is 60.0 Å². The van der Waals surface area contributed by atoms with E-state index in [9.17, 15) is 4.79 Å². The average Bonchev–Trinajstić information content (AvgIpc) is 2.68. The predicted octanol–water partition coefficient (Wildman–Crippen LogP) is 2.61. The van der Waals surface area contributed by atoms with Crippen molar-refractivity contribution in [3.63, 3.8) is 0 Å². The second kappa shape index (κ2) is 9.19. The Kier molecular flexibility index (Phi) is 6.44. The number of ether oxygens (including phenoxy) is 1. The highest BCUT2D eigenvalue weighted by Gasteiger charge is 2.15. The number of piperazine rings is 1. The van der Waals surface area contributed by atoms with Crippen LogP contribution in [0.15, 0.2) is 53.6 Å². The molecule has 0 atom stereocenters. The molecule has 1 N–H and O–H groups in total. The SMILES string of the molecule is Cc1ccc(CN2CCN(N=Cc3ccccc3OCC(=O)O)CC2)cc1. The molecular weight excluding hydrogens is 342 g/mol. The summed E-state index contributed by atoms with van der Waals surface area (Å²) in [6, 6.07) is 16.0. The summed E-state index contributed by atoms with van der Waals surface area (Å²) in [5.41, 5.74) is 3.40. The van der Waals surface area contributed by atoms with Crippen molar-refractivity contribution in [3.8, 4) is 5.75 Å². The monoisotopic (exact) mass is 367 g/mol. The van der Waals surface area contributed by atoms with Crippen LogP contribution in [0.2, 0.25) is 0 Å². The number of para-hydroxylation sites is 1. The van der Waals surface area contributed by atoms with Crippen molar-refractivity contribution in [1.29, 1.82) is 0 Å². The van der Waals surface area contributed by atoms with Gasteiger partial charge < -0.3 is 9.84 Å². The molecule has 6 heteroatoms. The highest BCUT2D eigenvalue weighted by molar-refractivity contribution is 5.83. The predicted molar refractivity (Wildman–Crippen MR) is 105 cm³/mol. The molecule has 1 fully saturated rings. The van der Waals surface area contributed by atoms with Crippen molar-refractivity contribution in [2.45, 2.75) is 13.5 Å². The largest absolute Gasteiger partial charge is 0.481 e. The summed E-state index contributed by atoms with van der Waals surface area (Å²) < 4.78 is 5.31. The van der Waals surface area contributed by atoms with E-state index in [1.807, 2.05) is 23.2 Å². The van der Waals surface area contributed by atoms with E-state index in [1.165, 1.54) is 11.1 Å². The molecule has 0 aromatic heterocycles. The summed E-state index contributed by atoms with van der Waals surface area (Å²) >= 11 is 0. The van der Waals surface area contributed by atoms with Crippen molar-refractivity contribution in [2.24, 2.45) is 5.10 Å². The number of aryl methyl sites for hydroxylation is 1. The van der Waals surface area contributed by atoms with Gasteiger partial charge >= 0.3 is 5.97 Å². The third-order valence-corrected chi connectivity index (χ3v) is 4.51. The average molecular weight is 367 g/mol. The van der Waals surface area contributed by atoms with Crippen LogP contribution in [0.1, 0.15) is 16.7 Å². The van der Waals surface area contributed by atoms with Crippen LogP contribution in [0.4, 0.5) is 0 Å². The first-order valence-electron chi connectivity index (χ1n) is 9.10. The lowest BCUT2D eigenvalue weighted by atomic mass is 10.1. The molecule has 1 saturated heterocycles. The molecule has 0 radical (unpaired) electrons. The molecule has 2 aromatic carbocycles. The Balaban J connectivity index is 1.51. The molecule has 0 unspecified atom stereocenters. The minimum absolute atomic E-state index is 0.359. The summed E-state index contributed by atoms with van der Waals surface area (Å²) in [7, 11) is 0. The van der Waals surface area contributed by atoms with Crippen LogP contribution < -0.4 is 4.74 Å². The van der Waals surface area contributed by atoms with Crippen molar-refractivity contribution in [3.05, 3.63) is 65.2 Å². The second-order valence-corrected chi connectivity index (χ2v) is 6.68. The van der Waals surface area contributed by atoms with Gasteiger partial charge in [0, 0.05) is 38.3 Å². The smallest absolute Gasteiger partial charge is 0.341 e. The molecule has 0 bridgehead atoms. The Morgan fingerprint density at radius 2 is 1.81 bits per heavy atom. The van der Waals surface area contributed by atoms with Crippen LogP contribution in [0, 0.1) is 6.92 Å². The first-order valence-corrected chi connectivity index (χ1v) is 9.10. The van der Waals surface area contributed by atoms with Gasteiger partial charge in [0.2, 0.25) is 0 Å². The van der Waals surface area contributed by atoms with E-state index >= 15 is 0 Å². The van der Waals surface area contributed by atoms with Crippen LogP contribution in [-0.2, 0) is 11.3 Å². The molecule has 6 nitrogen and oxygen atoms in total. The van der Waals surface area contributed by atoms with Gasteiger partial charge in [-0.1, -0.05) is 42.0 Å². The zero-order chi connectivity index (χ0) is 19.1. The summed E-state index contributed by atoms with van der Waals surface area (Å²) in [4.78, 5) is 13.1. The van der Waals surface area contributed by atoms with Crippen LogP contribution in [0.3, 0.4) is 0 Å². The standard InChI is InChI=1S/C21H25N3O3/c1-17-6-8-18(9-7-17)15-23-10-12-24(13-11-23)22-14-19-4-2-3-5-20(19)27-16-21(25)26/h2-9,14H,10-13,15-16H2,1H3,(H,25,26). The second-order valence-electron chi connectivity index (χ2n) is 6.68. The third-order valence-electron chi connectivity index (χ3n) is 4.51. The van der Waals surface area contributed by atoms with Gasteiger partial charge in [0.05, 0.1) is 6.21 Å². The van der Waals surface area contributed by atoms with Crippen LogP contribution in [0.25, 0.3) is 0 Å². The normalized spacial score (nSPS) is 15.2. The maximum absolute atomic E-state index is 10.7. The maximum Gasteiger partial charge on any atom is 0.341 e. The third kappa shape index (κ3) is 5.82. The maximum atomic E-state index is 10.7. The number of carbonyl (C=O) groups is 1. The van der Waals surface area contributed by atoms with E-state index in [1.54, 1.807) is 12.3 Å². The quantitative estimate of drug-likeness (QED) is 0.762. The fourth-order valence-corrected chi connectivity index (χ4v) is 2.96. The number of benzene rings is 2. The summed E-state index contributed by atoms with van der Waals surface area (Å²) in [5, 5.41) is 15.4. The number of hydrogen-bond acceptors (Lipinski definition) is 5. The molecule has 3 rings (SSSR count). The van der Waals surface area contributed by atoms with E-state index in [0.29, 0.717) is 5.75 Å². The number of hydrazone groups is 1. The first kappa shape index (κ1) is 18.9. The fourth-order valence-electron chi connectivity index (χ4n) is 2.96. The lowest BCUT2D eigenvalue weighted by Gasteiger charge is -2.33. The minimum Gasteiger partial charge on any atom is -0.481 e. The number of nitrogens with zero attached hydrogens (tertiary/aromatic N) is 3. The molecule has 1 aliphatic rings. The molecule has 1 heterocycles. The molecule has 0 spiro atoms. The number of hydrogen-bond donors (Lipinski definition) is 1. The van der Waals surface area contributed by atoms with Gasteiger partial charge in [-0.25, -0.2) is 4.79 Å². The van der Waals surface area contributed by atoms with E-state index in [-0.39, 0.29) is 6.61 Å². The number of aliphatic carboxylic acids is 1. The van der Waals surface area contributed by atoms with Crippen molar-refractivity contribution in [2.75, 3.05) is 32.8 Å². The van der Waals surface area contributed by atoms with E-state index in [0.717, 1.165) is 38.3 Å². The first-order chi connectivity index (χ1) is 13.1. The van der Waals surface area contributed by atoms with Gasteiger partial charge in [-0.15, -0.1) is 0 Å². The van der Waals surface area contributed by atoms with Crippen LogP contribution >= 0.6 is 0 Å². The van der Waals surface area contributed by atoms with Crippen molar-refractivity contribution < 1.29 is 14.6 Å². The Bertz CT molecular complexity index is 782. The molecule has 0 saturated carbocycles. The van der Waals surface area contributed by atoms with Gasteiger partial charge in [-0.3, -0.25) is 9.91 Å². The van der Waals surface area contributed by atoms with Gasteiger partial charge in [0.25, 0.3) is 0 Å². The fraction of sp³-hybridized carbons (Fsp3) is 0.333. The summed E-state index contributed by atoms with van der Waals surface area (Å²) in [6.45, 7) is 6.35. The van der Waals surface area contributed by atoms with E-state index in [4.69, 9.17) is 9.84 Å². The minimum atomic E-state index is -0.994. The number of rotatable bonds is 7. The topological polar surface area (TPSA) is 65.4 Å². The summed E-state index contributed by atoms with van der Waals surface area (Å²) in [6.07, 6.45) is 1.74. The Hall–Kier alpha value is -2.86. The molecule has 0 amide bonds. The highest BCUT2D eigenvalue weighted by atomic mass is 16.5. The van der Waals surface area contributed by atoms with Crippen molar-refractivity contribution >= 4 is 12.2 Å². The van der Waals surface area contributed by atoms with Gasteiger partial charge in [-0.05, 0) is 24.6 Å². The van der Waals surface area contributed by atoms with Gasteiger partial charge in [0.1, 0.15) is 5.75 Å². The molecular formula is C21H25N3O3. The van der Waals surface area contributed by atoms with Crippen molar-refractivity contribution in [1.82, 2.24) is 9.91 Å². The lowest BCUT2D eigenvalue weighted by Crippen LogP contribution is -2.43. The van der Waals surface area contributed by atoms with E-state index < -0.39 is 5.97 Å². The molecule has 142 valence electrons. The Morgan fingerprint density at radius 1 is 1.11 bits per heavy atom. The molecule has 1 aliphatic heterocycles. The zero-order valence-electron chi connectivity index (χ0n) is 15.5. The Morgan fingerprint density at radius 3 is 2.52 bits per heavy atom. The molecule has 0 aliphatic carbocycles. The summed E-state index contributed by atoms with van der Waals surface area (Å²) in [5.74, 6) is -0.465. The van der Waals surface area contributed by atoms with E-state index in [2.05, 4.69) is 41.2 Å². The number of carboxylic acids is 1. The van der Waals surface area contributed by atoms with Gasteiger partial charge in [-0.2, -0.15) is 5.10 Å².